The Kier molecular flexibility index (Phi) is 2.88. The molecule has 14 heavy (non-hydrogen) atoms. The number of rotatable bonds is 2. The third-order valence-corrected chi connectivity index (χ3v) is 1.71. The summed E-state index contributed by atoms with van der Waals surface area (Å²) in [7, 11) is 2.46. The molecular weight excluding hydrogens is 197 g/mol. The average Bonchev–Trinajstić information content (AvgIpc) is 2.15. The van der Waals surface area contributed by atoms with E-state index in [2.05, 4.69) is 4.74 Å². The summed E-state index contributed by atoms with van der Waals surface area (Å²) in [6.07, 6.45) is -4.43. The molecule has 0 aliphatic carbocycles. The third kappa shape index (κ3) is 1.92. The van der Waals surface area contributed by atoms with Gasteiger partial charge in [-0.1, -0.05) is 6.07 Å². The van der Waals surface area contributed by atoms with Gasteiger partial charge in [-0.3, -0.25) is 0 Å². The molecule has 0 N–H and O–H groups in total. The van der Waals surface area contributed by atoms with E-state index in [9.17, 15) is 13.2 Å². The summed E-state index contributed by atoms with van der Waals surface area (Å²) >= 11 is 0. The minimum absolute atomic E-state index is 0.0716. The van der Waals surface area contributed by atoms with Crippen molar-refractivity contribution in [1.82, 2.24) is 0 Å². The molecule has 0 bridgehead atoms. The van der Waals surface area contributed by atoms with Gasteiger partial charge in [0, 0.05) is 0 Å². The van der Waals surface area contributed by atoms with E-state index in [0.717, 1.165) is 6.07 Å². The number of alkyl halides is 3. The molecule has 0 spiro atoms. The summed E-state index contributed by atoms with van der Waals surface area (Å²) < 4.78 is 46.6. The number of halogens is 3. The van der Waals surface area contributed by atoms with Gasteiger partial charge in [-0.2, -0.15) is 13.2 Å². The van der Waals surface area contributed by atoms with Gasteiger partial charge < -0.3 is 9.47 Å². The molecule has 0 unspecified atom stereocenters. The van der Waals surface area contributed by atoms with Gasteiger partial charge in [0.25, 0.3) is 0 Å². The van der Waals surface area contributed by atoms with Gasteiger partial charge in [0.15, 0.2) is 11.5 Å². The van der Waals surface area contributed by atoms with Crippen molar-refractivity contribution >= 4 is 0 Å². The number of ether oxygens (including phenoxy) is 2. The van der Waals surface area contributed by atoms with E-state index in [1.165, 1.54) is 26.4 Å². The zero-order chi connectivity index (χ0) is 10.8. The summed E-state index contributed by atoms with van der Waals surface area (Å²) in [5.74, 6) is -0.218. The topological polar surface area (TPSA) is 18.5 Å². The molecule has 1 rings (SSSR count). The second kappa shape index (κ2) is 3.77. The van der Waals surface area contributed by atoms with Gasteiger partial charge in [-0.15, -0.1) is 0 Å². The Labute approximate surface area is 79.2 Å². The number of para-hydroxylation sites is 1. The van der Waals surface area contributed by atoms with Crippen LogP contribution < -0.4 is 9.47 Å². The Hall–Kier alpha value is -1.39. The summed E-state index contributed by atoms with van der Waals surface area (Å²) in [4.78, 5) is 0. The van der Waals surface area contributed by atoms with Crippen LogP contribution in [0.3, 0.4) is 0 Å². The van der Waals surface area contributed by atoms with Crippen LogP contribution in [0, 0.1) is 0 Å². The fourth-order valence-corrected chi connectivity index (χ4v) is 1.11. The number of benzene rings is 1. The highest BCUT2D eigenvalue weighted by molar-refractivity contribution is 5.47. The molecule has 0 fully saturated rings. The molecule has 1 aromatic carbocycles. The molecule has 2 nitrogen and oxygen atoms in total. The molecule has 0 aliphatic rings. The largest absolute Gasteiger partial charge is 0.493 e. The molecule has 1 aromatic rings. The van der Waals surface area contributed by atoms with Crippen LogP contribution >= 0.6 is 0 Å². The van der Waals surface area contributed by atoms with E-state index in [-0.39, 0.29) is 11.5 Å². The predicted molar refractivity (Wildman–Crippen MR) is 44.5 cm³/mol. The van der Waals surface area contributed by atoms with Gasteiger partial charge in [0.2, 0.25) is 0 Å². The fourth-order valence-electron chi connectivity index (χ4n) is 1.11. The molecule has 0 aliphatic heterocycles. The maximum atomic E-state index is 12.4. The second-order valence-corrected chi connectivity index (χ2v) is 2.54. The number of hydrogen-bond acceptors (Lipinski definition) is 2. The van der Waals surface area contributed by atoms with Crippen LogP contribution in [0.2, 0.25) is 0 Å². The first-order valence-electron chi connectivity index (χ1n) is 3.79. The lowest BCUT2D eigenvalue weighted by Gasteiger charge is -2.14. The zero-order valence-electron chi connectivity index (χ0n) is 7.68. The van der Waals surface area contributed by atoms with Gasteiger partial charge in [-0.05, 0) is 12.1 Å². The van der Waals surface area contributed by atoms with E-state index in [1.54, 1.807) is 0 Å². The van der Waals surface area contributed by atoms with Crippen LogP contribution in [-0.2, 0) is 6.18 Å². The van der Waals surface area contributed by atoms with E-state index in [1.807, 2.05) is 0 Å². The Morgan fingerprint density at radius 1 is 1.07 bits per heavy atom. The highest BCUT2D eigenvalue weighted by Gasteiger charge is 2.35. The molecule has 78 valence electrons. The van der Waals surface area contributed by atoms with E-state index < -0.39 is 11.7 Å². The average molecular weight is 206 g/mol. The van der Waals surface area contributed by atoms with Gasteiger partial charge in [0.05, 0.1) is 14.2 Å². The van der Waals surface area contributed by atoms with Crippen LogP contribution in [0.25, 0.3) is 0 Å². The lowest BCUT2D eigenvalue weighted by Crippen LogP contribution is -2.08. The first-order valence-corrected chi connectivity index (χ1v) is 3.79. The lowest BCUT2D eigenvalue weighted by molar-refractivity contribution is -0.138. The van der Waals surface area contributed by atoms with Gasteiger partial charge >= 0.3 is 6.18 Å². The molecule has 5 heteroatoms. The van der Waals surface area contributed by atoms with Crippen molar-refractivity contribution in [1.29, 1.82) is 0 Å². The highest BCUT2D eigenvalue weighted by Crippen LogP contribution is 2.40. The molecule has 0 aromatic heterocycles. The quantitative estimate of drug-likeness (QED) is 0.740. The summed E-state index contributed by atoms with van der Waals surface area (Å²) in [5, 5.41) is 0. The number of hydrogen-bond donors (Lipinski definition) is 0. The predicted octanol–water partition coefficient (Wildman–Crippen LogP) is 2.72. The van der Waals surface area contributed by atoms with Crippen LogP contribution in [-0.4, -0.2) is 14.2 Å². The first-order chi connectivity index (χ1) is 6.50. The lowest BCUT2D eigenvalue weighted by atomic mass is 10.2. The third-order valence-electron chi connectivity index (χ3n) is 1.71. The summed E-state index contributed by atoms with van der Waals surface area (Å²) in [6.45, 7) is 0. The number of methoxy groups -OCH3 is 2. The minimum atomic E-state index is -4.43. The minimum Gasteiger partial charge on any atom is -0.493 e. The van der Waals surface area contributed by atoms with Crippen LogP contribution in [0.4, 0.5) is 13.2 Å². The summed E-state index contributed by atoms with van der Waals surface area (Å²) in [6, 6.07) is 3.62. The van der Waals surface area contributed by atoms with E-state index in [0.29, 0.717) is 0 Å². The highest BCUT2D eigenvalue weighted by atomic mass is 19.4. The molecular formula is C9H9F3O2. The van der Waals surface area contributed by atoms with Crippen molar-refractivity contribution in [2.45, 2.75) is 6.18 Å². The maximum absolute atomic E-state index is 12.4. The monoisotopic (exact) mass is 206 g/mol. The van der Waals surface area contributed by atoms with Gasteiger partial charge in [0.1, 0.15) is 5.56 Å². The summed E-state index contributed by atoms with van der Waals surface area (Å²) in [5.41, 5.74) is -0.834. The first kappa shape index (κ1) is 10.7. The Morgan fingerprint density at radius 3 is 2.14 bits per heavy atom. The molecule has 0 radical (unpaired) electrons. The van der Waals surface area contributed by atoms with Crippen LogP contribution in [0.1, 0.15) is 5.56 Å². The molecule has 0 saturated carbocycles. The normalized spacial score (nSPS) is 11.2. The van der Waals surface area contributed by atoms with Crippen molar-refractivity contribution in [3.8, 4) is 11.5 Å². The molecule has 0 amide bonds. The second-order valence-electron chi connectivity index (χ2n) is 2.54. The molecule has 0 saturated heterocycles. The van der Waals surface area contributed by atoms with Crippen molar-refractivity contribution in [2.24, 2.45) is 0 Å². The van der Waals surface area contributed by atoms with Crippen molar-refractivity contribution in [3.63, 3.8) is 0 Å². The van der Waals surface area contributed by atoms with Gasteiger partial charge in [-0.25, -0.2) is 0 Å². The smallest absolute Gasteiger partial charge is 0.420 e. The van der Waals surface area contributed by atoms with E-state index >= 15 is 0 Å². The molecule has 0 heterocycles. The Bertz CT molecular complexity index is 320. The van der Waals surface area contributed by atoms with E-state index in [4.69, 9.17) is 4.74 Å². The Morgan fingerprint density at radius 2 is 1.71 bits per heavy atom. The maximum Gasteiger partial charge on any atom is 0.420 e. The SMILES string of the molecule is COc1cccc(C(F)(F)F)c1OC. The van der Waals surface area contributed by atoms with Crippen molar-refractivity contribution < 1.29 is 22.6 Å². The van der Waals surface area contributed by atoms with Crippen LogP contribution in [0.5, 0.6) is 11.5 Å². The Balaban J connectivity index is 3.29. The van der Waals surface area contributed by atoms with Crippen LogP contribution in [0.15, 0.2) is 18.2 Å². The fraction of sp³-hybridized carbons (Fsp3) is 0.333. The molecule has 0 atom stereocenters. The van der Waals surface area contributed by atoms with Crippen molar-refractivity contribution in [2.75, 3.05) is 14.2 Å². The zero-order valence-corrected chi connectivity index (χ0v) is 7.68. The standard InChI is InChI=1S/C9H9F3O2/c1-13-7-5-3-4-6(8(7)14-2)9(10,11)12/h3-5H,1-2H3. The van der Waals surface area contributed by atoms with Crippen molar-refractivity contribution in [3.05, 3.63) is 23.8 Å².